The molecule has 0 saturated carbocycles. The Kier molecular flexibility index (Phi) is 8.46. The van der Waals surface area contributed by atoms with Crippen molar-refractivity contribution in [3.63, 3.8) is 0 Å². The molecule has 0 radical (unpaired) electrons. The van der Waals surface area contributed by atoms with Gasteiger partial charge in [-0.1, -0.05) is 42.0 Å². The molecule has 1 unspecified atom stereocenters. The average Bonchev–Trinajstić information content (AvgIpc) is 3.51. The SMILES string of the molecule is Cc1ccc(-c2oc(=O)oc2COP(COCCn2cnc3c(=O)[nH]c(N)nc32)OCc2cccc(F)c2)cc1. The second-order valence-electron chi connectivity index (χ2n) is 8.68. The highest BCUT2D eigenvalue weighted by atomic mass is 31.2. The lowest BCUT2D eigenvalue weighted by molar-refractivity contribution is 0.136. The van der Waals surface area contributed by atoms with E-state index >= 15 is 0 Å². The van der Waals surface area contributed by atoms with Crippen LogP contribution in [0.4, 0.5) is 10.3 Å². The number of halogens is 1. The summed E-state index contributed by atoms with van der Waals surface area (Å²) < 4.78 is 43.4. The van der Waals surface area contributed by atoms with E-state index in [1.54, 1.807) is 16.7 Å². The van der Waals surface area contributed by atoms with Gasteiger partial charge in [0.15, 0.2) is 31.1 Å². The lowest BCUT2D eigenvalue weighted by Gasteiger charge is -2.17. The van der Waals surface area contributed by atoms with Crippen molar-refractivity contribution < 1.29 is 27.0 Å². The zero-order chi connectivity index (χ0) is 28.1. The predicted molar refractivity (Wildman–Crippen MR) is 144 cm³/mol. The number of imidazole rings is 1. The van der Waals surface area contributed by atoms with Crippen molar-refractivity contribution >= 4 is 25.5 Å². The van der Waals surface area contributed by atoms with Crippen LogP contribution in [0.15, 0.2) is 73.3 Å². The van der Waals surface area contributed by atoms with Crippen molar-refractivity contribution in [3.05, 3.63) is 98.5 Å². The first kappa shape index (κ1) is 27.4. The predicted octanol–water partition coefficient (Wildman–Crippen LogP) is 4.08. The summed E-state index contributed by atoms with van der Waals surface area (Å²) in [4.78, 5) is 34.5. The molecule has 208 valence electrons. The van der Waals surface area contributed by atoms with Gasteiger partial charge in [-0.05, 0) is 24.6 Å². The van der Waals surface area contributed by atoms with Gasteiger partial charge < -0.3 is 32.9 Å². The van der Waals surface area contributed by atoms with Gasteiger partial charge in [-0.2, -0.15) is 4.98 Å². The van der Waals surface area contributed by atoms with E-state index in [9.17, 15) is 14.0 Å². The van der Waals surface area contributed by atoms with E-state index in [1.165, 1.54) is 18.5 Å². The topological polar surface area (TPSA) is 161 Å². The van der Waals surface area contributed by atoms with Gasteiger partial charge in [0, 0.05) is 12.1 Å². The van der Waals surface area contributed by atoms with Crippen molar-refractivity contribution in [2.45, 2.75) is 26.7 Å². The van der Waals surface area contributed by atoms with Crippen LogP contribution < -0.4 is 17.1 Å². The van der Waals surface area contributed by atoms with Gasteiger partial charge in [-0.15, -0.1) is 0 Å². The first-order valence-electron chi connectivity index (χ1n) is 12.1. The molecule has 40 heavy (non-hydrogen) atoms. The largest absolute Gasteiger partial charge is 0.519 e. The number of H-pyrrole nitrogens is 1. The van der Waals surface area contributed by atoms with E-state index in [0.29, 0.717) is 23.3 Å². The fourth-order valence-corrected chi connectivity index (χ4v) is 4.84. The van der Waals surface area contributed by atoms with Crippen LogP contribution in [0.5, 0.6) is 0 Å². The highest BCUT2D eigenvalue weighted by Crippen LogP contribution is 2.41. The normalized spacial score (nSPS) is 12.2. The van der Waals surface area contributed by atoms with Gasteiger partial charge in [0.05, 0.1) is 19.5 Å². The van der Waals surface area contributed by atoms with E-state index in [-0.39, 0.29) is 55.0 Å². The molecule has 0 aliphatic carbocycles. The molecule has 1 atom stereocenters. The zero-order valence-corrected chi connectivity index (χ0v) is 22.2. The maximum Gasteiger partial charge on any atom is 0.519 e. The summed E-state index contributed by atoms with van der Waals surface area (Å²) in [7, 11) is -1.67. The Morgan fingerprint density at radius 3 is 2.70 bits per heavy atom. The number of fused-ring (bicyclic) bond motifs is 1. The molecule has 5 aromatic rings. The van der Waals surface area contributed by atoms with Crippen molar-refractivity contribution in [2.75, 3.05) is 18.7 Å². The minimum atomic E-state index is -1.67. The van der Waals surface area contributed by atoms with E-state index in [0.717, 1.165) is 5.56 Å². The molecule has 2 aromatic carbocycles. The number of aromatic nitrogens is 4. The van der Waals surface area contributed by atoms with Crippen LogP contribution in [-0.2, 0) is 33.5 Å². The van der Waals surface area contributed by atoms with Crippen molar-refractivity contribution in [2.24, 2.45) is 0 Å². The van der Waals surface area contributed by atoms with Crippen molar-refractivity contribution in [1.82, 2.24) is 19.5 Å². The van der Waals surface area contributed by atoms with E-state index in [4.69, 9.17) is 28.4 Å². The lowest BCUT2D eigenvalue weighted by Crippen LogP contribution is -2.13. The summed E-state index contributed by atoms with van der Waals surface area (Å²) in [6.07, 6.45) is 1.53. The number of anilines is 1. The molecule has 0 aliphatic heterocycles. The van der Waals surface area contributed by atoms with Gasteiger partial charge in [0.2, 0.25) is 5.95 Å². The number of aromatic amines is 1. The molecule has 0 amide bonds. The maximum atomic E-state index is 13.6. The monoisotopic (exact) mass is 569 g/mol. The van der Waals surface area contributed by atoms with Crippen LogP contribution in [0.25, 0.3) is 22.5 Å². The van der Waals surface area contributed by atoms with Crippen LogP contribution in [0.1, 0.15) is 16.9 Å². The third-order valence-electron chi connectivity index (χ3n) is 5.73. The first-order chi connectivity index (χ1) is 19.4. The van der Waals surface area contributed by atoms with Crippen LogP contribution >= 0.6 is 8.38 Å². The Hall–Kier alpha value is -4.16. The van der Waals surface area contributed by atoms with Crippen LogP contribution in [0, 0.1) is 12.7 Å². The van der Waals surface area contributed by atoms with Gasteiger partial charge in [0.1, 0.15) is 18.8 Å². The number of nitrogens with one attached hydrogen (secondary N) is 1. The summed E-state index contributed by atoms with van der Waals surface area (Å²) in [5.41, 5.74) is 8.06. The molecule has 3 N–H and O–H groups in total. The van der Waals surface area contributed by atoms with Gasteiger partial charge in [0.25, 0.3) is 5.56 Å². The molecule has 3 heterocycles. The third kappa shape index (κ3) is 6.69. The third-order valence-corrected chi connectivity index (χ3v) is 6.96. The number of aryl methyl sites for hydroxylation is 1. The Labute approximate surface area is 227 Å². The highest BCUT2D eigenvalue weighted by Gasteiger charge is 2.20. The van der Waals surface area contributed by atoms with Crippen molar-refractivity contribution in [1.29, 1.82) is 0 Å². The van der Waals surface area contributed by atoms with E-state index in [1.807, 2.05) is 31.2 Å². The maximum absolute atomic E-state index is 13.6. The molecule has 12 nitrogen and oxygen atoms in total. The number of nitrogen functional groups attached to an aromatic ring is 1. The molecule has 14 heteroatoms. The average molecular weight is 569 g/mol. The molecule has 5 rings (SSSR count). The minimum absolute atomic E-state index is 0.0151. The quantitative estimate of drug-likeness (QED) is 0.165. The Morgan fingerprint density at radius 1 is 1.10 bits per heavy atom. The molecule has 0 aliphatic rings. The van der Waals surface area contributed by atoms with E-state index in [2.05, 4.69) is 15.0 Å². The minimum Gasteiger partial charge on any atom is -0.393 e. The standard InChI is InChI=1S/C26H25FN5O7P/c1-16-5-7-18(8-6-16)22-20(38-26(34)39-22)13-37-40(36-12-17-3-2-4-19(27)11-17)15-35-10-9-32-14-29-21-23(32)30-25(28)31-24(21)33/h2-8,11,14H,9-10,12-13,15H2,1H3,(H3,28,30,31,33). The van der Waals surface area contributed by atoms with Crippen LogP contribution in [-0.4, -0.2) is 32.5 Å². The summed E-state index contributed by atoms with van der Waals surface area (Å²) in [6.45, 7) is 2.44. The Morgan fingerprint density at radius 2 is 1.90 bits per heavy atom. The highest BCUT2D eigenvalue weighted by molar-refractivity contribution is 7.46. The van der Waals surface area contributed by atoms with Crippen molar-refractivity contribution in [3.8, 4) is 11.3 Å². The molecular weight excluding hydrogens is 544 g/mol. The second kappa shape index (κ2) is 12.3. The van der Waals surface area contributed by atoms with Gasteiger partial charge in [-0.3, -0.25) is 9.78 Å². The molecule has 3 aromatic heterocycles. The molecule has 0 fully saturated rings. The van der Waals surface area contributed by atoms with Crippen LogP contribution in [0.3, 0.4) is 0 Å². The summed E-state index contributed by atoms with van der Waals surface area (Å²) in [6, 6.07) is 13.4. The number of benzene rings is 2. The number of nitrogens with two attached hydrogens (primary N) is 1. The number of ether oxygens (including phenoxy) is 1. The molecular formula is C26H25FN5O7P. The van der Waals surface area contributed by atoms with E-state index < -0.39 is 19.8 Å². The first-order valence-corrected chi connectivity index (χ1v) is 13.5. The van der Waals surface area contributed by atoms with Gasteiger partial charge >= 0.3 is 5.82 Å². The number of nitrogens with zero attached hydrogens (tertiary/aromatic N) is 3. The summed E-state index contributed by atoms with van der Waals surface area (Å²) in [5.74, 6) is -0.782. The smallest absolute Gasteiger partial charge is 0.393 e. The number of rotatable bonds is 12. The summed E-state index contributed by atoms with van der Waals surface area (Å²) in [5, 5.41) is 0. The molecule has 0 bridgehead atoms. The second-order valence-corrected chi connectivity index (χ2v) is 10.1. The number of hydrogen-bond donors (Lipinski definition) is 2. The fourth-order valence-electron chi connectivity index (χ4n) is 3.78. The summed E-state index contributed by atoms with van der Waals surface area (Å²) >= 11 is 0. The zero-order valence-electron chi connectivity index (χ0n) is 21.3. The van der Waals surface area contributed by atoms with Crippen LogP contribution in [0.2, 0.25) is 0 Å². The fraction of sp³-hybridized carbons (Fsp3) is 0.231. The van der Waals surface area contributed by atoms with Gasteiger partial charge in [-0.25, -0.2) is 14.2 Å². The Bertz CT molecular complexity index is 1710. The number of hydrogen-bond acceptors (Lipinski definition) is 10. The lowest BCUT2D eigenvalue weighted by atomic mass is 10.1. The molecule has 0 saturated heterocycles. The molecule has 0 spiro atoms. The Balaban J connectivity index is 1.24.